The SMILES string of the molecule is CCN(C(C)=O)[C@H]1CCC2(CCN(CCC(C)(C)C)CC2)c2ccccc21.CCN(C(C)=O)[C@H]1CCC2(CCN(CCC(C)C)CC2)c2ccccc21.COCCC(=O)N[C@@H]1CCC2(CCN(CCC(C)(C)C)CC2)c2cc(F)ccc21.[HH]. The molecule has 11 heteroatoms. The second-order valence-corrected chi connectivity index (χ2v) is 28.7. The smallest absolute Gasteiger partial charge is 0.222 e. The molecule has 9 rings (SSSR count). The van der Waals surface area contributed by atoms with E-state index in [0.717, 1.165) is 88.3 Å². The van der Waals surface area contributed by atoms with Crippen LogP contribution in [0.25, 0.3) is 0 Å². The van der Waals surface area contributed by atoms with Gasteiger partial charge in [0.2, 0.25) is 17.7 Å². The van der Waals surface area contributed by atoms with Gasteiger partial charge in [0, 0.05) is 41.9 Å². The van der Waals surface area contributed by atoms with Crippen LogP contribution in [0.15, 0.2) is 66.7 Å². The van der Waals surface area contributed by atoms with Gasteiger partial charge in [-0.1, -0.05) is 110 Å². The molecule has 3 fully saturated rings. The third-order valence-corrected chi connectivity index (χ3v) is 20.4. The van der Waals surface area contributed by atoms with Crippen molar-refractivity contribution in [3.8, 4) is 0 Å². The summed E-state index contributed by atoms with van der Waals surface area (Å²) >= 11 is 0. The molecular weight excluding hydrogens is 1020 g/mol. The van der Waals surface area contributed by atoms with Crippen molar-refractivity contribution in [2.75, 3.05) is 85.7 Å². The minimum absolute atomic E-state index is 0. The van der Waals surface area contributed by atoms with Gasteiger partial charge in [0.05, 0.1) is 24.7 Å². The molecule has 3 aromatic rings. The monoisotopic (exact) mass is 1130 g/mol. The molecule has 10 nitrogen and oxygen atoms in total. The van der Waals surface area contributed by atoms with E-state index in [1.807, 2.05) is 6.07 Å². The quantitative estimate of drug-likeness (QED) is 0.162. The largest absolute Gasteiger partial charge is 0.384 e. The van der Waals surface area contributed by atoms with E-state index in [2.05, 4.69) is 148 Å². The maximum Gasteiger partial charge on any atom is 0.222 e. The summed E-state index contributed by atoms with van der Waals surface area (Å²) in [5.74, 6) is 1.01. The Labute approximate surface area is 498 Å². The summed E-state index contributed by atoms with van der Waals surface area (Å²) in [7, 11) is 1.60. The summed E-state index contributed by atoms with van der Waals surface area (Å²) in [6, 6.07) is 23.6. The lowest BCUT2D eigenvalue weighted by molar-refractivity contribution is -0.132. The molecule has 0 bridgehead atoms. The highest BCUT2D eigenvalue weighted by Crippen LogP contribution is 2.52. The summed E-state index contributed by atoms with van der Waals surface area (Å²) < 4.78 is 19.2. The Balaban J connectivity index is 0.000000199. The van der Waals surface area contributed by atoms with Crippen LogP contribution < -0.4 is 5.32 Å². The minimum atomic E-state index is -0.176. The number of piperidine rings is 3. The molecule has 0 unspecified atom stereocenters. The number of carbonyl (C=O) groups excluding carboxylic acids is 3. The number of methoxy groups -OCH3 is 1. The van der Waals surface area contributed by atoms with Gasteiger partial charge in [-0.25, -0.2) is 4.39 Å². The lowest BCUT2D eigenvalue weighted by atomic mass is 9.63. The van der Waals surface area contributed by atoms with Gasteiger partial charge < -0.3 is 34.6 Å². The highest BCUT2D eigenvalue weighted by atomic mass is 19.1. The lowest BCUT2D eigenvalue weighted by Gasteiger charge is -2.49. The summed E-state index contributed by atoms with van der Waals surface area (Å²) in [5.41, 5.74) is 9.55. The molecule has 0 saturated carbocycles. The number of ether oxygens (including phenoxy) is 1. The van der Waals surface area contributed by atoms with E-state index in [-0.39, 0.29) is 48.5 Å². The fourth-order valence-corrected chi connectivity index (χ4v) is 15.1. The molecule has 3 aliphatic heterocycles. The van der Waals surface area contributed by atoms with E-state index < -0.39 is 0 Å². The third-order valence-electron chi connectivity index (χ3n) is 20.4. The maximum atomic E-state index is 14.2. The number of likely N-dealkylation sites (tertiary alicyclic amines) is 3. The molecular formula is C71H113FN6O4. The van der Waals surface area contributed by atoms with Crippen LogP contribution >= 0.6 is 0 Å². The number of hydrogen-bond acceptors (Lipinski definition) is 7. The van der Waals surface area contributed by atoms with Crippen LogP contribution in [-0.4, -0.2) is 128 Å². The molecule has 0 radical (unpaired) electrons. The standard InChI is InChI=1S/C24H37FN2O2.C24H38N2O.C23H36N2O.H2/c1-23(2,3)10-13-27-14-11-24(12-15-27)9-7-21(26-22(28)8-16-29-4)19-6-5-18(25)17-20(19)24;1-6-26(19(2)27)22-11-12-24(21-10-8-7-9-20(21)22)14-17-25(18-15-24)16-13-23(3,4)5;1-5-25(19(4)26)22-10-12-23(21-9-7-6-8-20(21)22)13-16-24(17-14-23)15-11-18(2)3;/h5-6,17,21H,7-16H2,1-4H3,(H,26,28);7-10,22H,6,11-18H2,1-5H3;6-9,18,22H,5,10-17H2,1-4H3;1H/t21-;2*22-;/m100./s1. The number of nitrogens with zero attached hydrogens (tertiary/aromatic N) is 5. The van der Waals surface area contributed by atoms with Crippen molar-refractivity contribution in [3.05, 3.63) is 106 Å². The van der Waals surface area contributed by atoms with Gasteiger partial charge >= 0.3 is 0 Å². The van der Waals surface area contributed by atoms with Crippen molar-refractivity contribution in [1.29, 1.82) is 0 Å². The van der Waals surface area contributed by atoms with E-state index >= 15 is 0 Å². The Kier molecular flexibility index (Phi) is 23.0. The molecule has 3 atom stereocenters. The zero-order valence-electron chi connectivity index (χ0n) is 53.7. The summed E-state index contributed by atoms with van der Waals surface area (Å²) in [5, 5.41) is 3.15. The molecule has 0 aromatic heterocycles. The second-order valence-electron chi connectivity index (χ2n) is 28.7. The number of hydrogen-bond donors (Lipinski definition) is 1. The first kappa shape index (κ1) is 65.4. The molecule has 3 amide bonds. The molecule has 6 aliphatic rings. The Bertz CT molecular complexity index is 2530. The van der Waals surface area contributed by atoms with Gasteiger partial charge in [0.15, 0.2) is 0 Å². The fraction of sp³-hybridized carbons (Fsp3) is 0.704. The summed E-state index contributed by atoms with van der Waals surface area (Å²) in [4.78, 5) is 48.6. The Morgan fingerprint density at radius 1 is 0.610 bits per heavy atom. The Morgan fingerprint density at radius 3 is 1.43 bits per heavy atom. The average molecular weight is 1130 g/mol. The van der Waals surface area contributed by atoms with Crippen LogP contribution in [0.5, 0.6) is 0 Å². The summed E-state index contributed by atoms with van der Waals surface area (Å²) in [6.45, 7) is 38.7. The molecule has 3 heterocycles. The van der Waals surface area contributed by atoms with E-state index in [9.17, 15) is 18.8 Å². The molecule has 82 heavy (non-hydrogen) atoms. The van der Waals surface area contributed by atoms with E-state index in [1.165, 1.54) is 125 Å². The van der Waals surface area contributed by atoms with Gasteiger partial charge in [-0.2, -0.15) is 0 Å². The van der Waals surface area contributed by atoms with Crippen molar-refractivity contribution >= 4 is 17.7 Å². The number of halogens is 1. The Hall–Kier alpha value is -4.16. The van der Waals surface area contributed by atoms with Crippen LogP contribution in [0, 0.1) is 22.6 Å². The predicted octanol–water partition coefficient (Wildman–Crippen LogP) is 14.8. The van der Waals surface area contributed by atoms with Crippen molar-refractivity contribution in [3.63, 3.8) is 0 Å². The highest BCUT2D eigenvalue weighted by molar-refractivity contribution is 5.77. The number of amides is 3. The topological polar surface area (TPSA) is 88.7 Å². The minimum Gasteiger partial charge on any atom is -0.384 e. The van der Waals surface area contributed by atoms with Crippen LogP contribution in [0.3, 0.4) is 0 Å². The molecule has 3 aromatic carbocycles. The first-order chi connectivity index (χ1) is 38.9. The van der Waals surface area contributed by atoms with Crippen LogP contribution in [0.2, 0.25) is 0 Å². The molecule has 458 valence electrons. The zero-order chi connectivity index (χ0) is 59.5. The van der Waals surface area contributed by atoms with Crippen molar-refractivity contribution in [2.45, 2.75) is 220 Å². The first-order valence-corrected chi connectivity index (χ1v) is 32.4. The molecule has 1 N–H and O–H groups in total. The van der Waals surface area contributed by atoms with E-state index in [1.54, 1.807) is 27.0 Å². The maximum absolute atomic E-state index is 14.2. The van der Waals surface area contributed by atoms with Gasteiger partial charge in [0.25, 0.3) is 0 Å². The van der Waals surface area contributed by atoms with E-state index in [4.69, 9.17) is 4.74 Å². The van der Waals surface area contributed by atoms with Crippen molar-refractivity contribution in [1.82, 2.24) is 29.8 Å². The molecule has 3 spiro atoms. The van der Waals surface area contributed by atoms with Crippen LogP contribution in [0.4, 0.5) is 4.39 Å². The Morgan fingerprint density at radius 2 is 1.02 bits per heavy atom. The summed E-state index contributed by atoms with van der Waals surface area (Å²) in [6.07, 6.45) is 17.9. The highest BCUT2D eigenvalue weighted by Gasteiger charge is 2.46. The van der Waals surface area contributed by atoms with Gasteiger partial charge in [0.1, 0.15) is 5.82 Å². The average Bonchev–Trinajstić information content (AvgIpc) is 2.97. The van der Waals surface area contributed by atoms with Gasteiger partial charge in [-0.15, -0.1) is 0 Å². The predicted molar refractivity (Wildman–Crippen MR) is 338 cm³/mol. The number of benzene rings is 3. The van der Waals surface area contributed by atoms with Crippen LogP contribution in [0.1, 0.15) is 239 Å². The van der Waals surface area contributed by atoms with Crippen molar-refractivity contribution in [2.24, 2.45) is 16.7 Å². The number of fused-ring (bicyclic) bond motifs is 6. The van der Waals surface area contributed by atoms with Crippen molar-refractivity contribution < 1.29 is 24.9 Å². The number of nitrogens with one attached hydrogen (secondary N) is 1. The second kappa shape index (κ2) is 28.8. The molecule has 3 saturated heterocycles. The lowest BCUT2D eigenvalue weighted by Crippen LogP contribution is -2.47. The molecule has 3 aliphatic carbocycles. The zero-order valence-corrected chi connectivity index (χ0v) is 53.7. The van der Waals surface area contributed by atoms with Gasteiger partial charge in [-0.05, 0) is 248 Å². The normalized spacial score (nSPS) is 22.2. The number of carbonyl (C=O) groups is 3. The van der Waals surface area contributed by atoms with E-state index in [0.29, 0.717) is 34.7 Å². The number of rotatable bonds is 15. The van der Waals surface area contributed by atoms with Gasteiger partial charge in [-0.3, -0.25) is 14.4 Å². The first-order valence-electron chi connectivity index (χ1n) is 32.4. The fourth-order valence-electron chi connectivity index (χ4n) is 15.1. The third kappa shape index (κ3) is 16.6. The van der Waals surface area contributed by atoms with Crippen LogP contribution in [-0.2, 0) is 35.4 Å².